The summed E-state index contributed by atoms with van der Waals surface area (Å²) in [5.41, 5.74) is 3.81. The standard InChI is InChI=1S/C25H20N2O/c1-26-17-7-12-23(26)24-16-14-21-20-11-6-5-8-18(20)13-15-22(21)27(24)25(28)19-9-3-2-4-10-19/h2-17,24H,1H3. The molecule has 28 heavy (non-hydrogen) atoms. The summed E-state index contributed by atoms with van der Waals surface area (Å²) in [6.07, 6.45) is 6.30. The van der Waals surface area contributed by atoms with Crippen LogP contribution in [0, 0.1) is 0 Å². The number of aryl methyl sites for hydroxylation is 1. The lowest BCUT2D eigenvalue weighted by Crippen LogP contribution is -2.36. The number of hydrogen-bond acceptors (Lipinski definition) is 1. The molecule has 3 heteroatoms. The molecule has 0 N–H and O–H groups in total. The van der Waals surface area contributed by atoms with Crippen LogP contribution in [0.15, 0.2) is 91.1 Å². The molecule has 136 valence electrons. The first kappa shape index (κ1) is 16.6. The Bertz CT molecular complexity index is 1200. The zero-order valence-corrected chi connectivity index (χ0v) is 15.6. The predicted octanol–water partition coefficient (Wildman–Crippen LogP) is 5.59. The van der Waals surface area contributed by atoms with E-state index >= 15 is 0 Å². The van der Waals surface area contributed by atoms with E-state index in [4.69, 9.17) is 0 Å². The van der Waals surface area contributed by atoms with Crippen LogP contribution in [-0.2, 0) is 7.05 Å². The fourth-order valence-electron chi connectivity index (χ4n) is 4.06. The fourth-order valence-corrected chi connectivity index (χ4v) is 4.06. The summed E-state index contributed by atoms with van der Waals surface area (Å²) in [7, 11) is 2.02. The maximum Gasteiger partial charge on any atom is 0.259 e. The molecule has 1 aromatic heterocycles. The molecule has 0 fully saturated rings. The number of aromatic nitrogens is 1. The number of amides is 1. The van der Waals surface area contributed by atoms with Gasteiger partial charge in [-0.1, -0.05) is 60.7 Å². The van der Waals surface area contributed by atoms with Crippen molar-refractivity contribution in [1.82, 2.24) is 4.57 Å². The Morgan fingerprint density at radius 1 is 0.857 bits per heavy atom. The average molecular weight is 364 g/mol. The number of benzene rings is 3. The van der Waals surface area contributed by atoms with E-state index in [1.807, 2.05) is 66.7 Å². The van der Waals surface area contributed by atoms with Crippen molar-refractivity contribution >= 4 is 28.4 Å². The Kier molecular flexibility index (Phi) is 3.87. The fraction of sp³-hybridized carbons (Fsp3) is 0.0800. The summed E-state index contributed by atoms with van der Waals surface area (Å²) >= 11 is 0. The van der Waals surface area contributed by atoms with E-state index in [1.54, 1.807) is 0 Å². The molecule has 1 amide bonds. The summed E-state index contributed by atoms with van der Waals surface area (Å²) < 4.78 is 2.08. The molecule has 5 rings (SSSR count). The molecule has 4 aromatic rings. The van der Waals surface area contributed by atoms with Gasteiger partial charge in [0.05, 0.1) is 11.7 Å². The predicted molar refractivity (Wildman–Crippen MR) is 114 cm³/mol. The maximum atomic E-state index is 13.6. The van der Waals surface area contributed by atoms with E-state index in [-0.39, 0.29) is 11.9 Å². The molecule has 1 unspecified atom stereocenters. The van der Waals surface area contributed by atoms with Gasteiger partial charge in [-0.2, -0.15) is 0 Å². The van der Waals surface area contributed by atoms with Gasteiger partial charge in [0.1, 0.15) is 0 Å². The lowest BCUT2D eigenvalue weighted by molar-refractivity contribution is 0.0980. The third kappa shape index (κ3) is 2.55. The van der Waals surface area contributed by atoms with Crippen molar-refractivity contribution in [3.05, 3.63) is 108 Å². The van der Waals surface area contributed by atoms with Crippen molar-refractivity contribution in [3.63, 3.8) is 0 Å². The second kappa shape index (κ2) is 6.54. The molecule has 1 aliphatic rings. The third-order valence-corrected chi connectivity index (χ3v) is 5.46. The molecule has 1 atom stereocenters. The van der Waals surface area contributed by atoms with E-state index in [0.29, 0.717) is 5.56 Å². The van der Waals surface area contributed by atoms with Crippen molar-refractivity contribution in [2.24, 2.45) is 7.05 Å². The molecule has 0 bridgehead atoms. The number of anilines is 1. The number of hydrogen-bond donors (Lipinski definition) is 0. The van der Waals surface area contributed by atoms with Gasteiger partial charge in [-0.25, -0.2) is 0 Å². The van der Waals surface area contributed by atoms with Gasteiger partial charge < -0.3 is 4.57 Å². The minimum Gasteiger partial charge on any atom is -0.352 e. The first-order chi connectivity index (χ1) is 13.7. The Morgan fingerprint density at radius 2 is 1.64 bits per heavy atom. The van der Waals surface area contributed by atoms with Gasteiger partial charge in [0, 0.05) is 30.1 Å². The molecular weight excluding hydrogens is 344 g/mol. The van der Waals surface area contributed by atoms with Gasteiger partial charge >= 0.3 is 0 Å². The maximum absolute atomic E-state index is 13.6. The van der Waals surface area contributed by atoms with Gasteiger partial charge in [-0.15, -0.1) is 0 Å². The van der Waals surface area contributed by atoms with Crippen LogP contribution in [0.25, 0.3) is 16.8 Å². The Balaban J connectivity index is 1.73. The van der Waals surface area contributed by atoms with Crippen LogP contribution in [0.5, 0.6) is 0 Å². The summed E-state index contributed by atoms with van der Waals surface area (Å²) in [4.78, 5) is 15.5. The van der Waals surface area contributed by atoms with Gasteiger partial charge in [0.2, 0.25) is 0 Å². The zero-order chi connectivity index (χ0) is 19.1. The van der Waals surface area contributed by atoms with E-state index < -0.39 is 0 Å². The molecule has 0 aliphatic carbocycles. The largest absolute Gasteiger partial charge is 0.352 e. The van der Waals surface area contributed by atoms with Gasteiger partial charge in [0.25, 0.3) is 5.91 Å². The minimum atomic E-state index is -0.152. The molecule has 3 nitrogen and oxygen atoms in total. The van der Waals surface area contributed by atoms with Crippen LogP contribution < -0.4 is 4.90 Å². The number of carbonyl (C=O) groups excluding carboxylic acids is 1. The molecule has 0 saturated heterocycles. The van der Waals surface area contributed by atoms with Crippen molar-refractivity contribution < 1.29 is 4.79 Å². The average Bonchev–Trinajstić information content (AvgIpc) is 3.18. The quantitative estimate of drug-likeness (QED) is 0.455. The molecule has 3 aromatic carbocycles. The lowest BCUT2D eigenvalue weighted by atomic mass is 9.94. The zero-order valence-electron chi connectivity index (χ0n) is 15.6. The second-order valence-electron chi connectivity index (χ2n) is 7.11. The molecule has 0 radical (unpaired) electrons. The van der Waals surface area contributed by atoms with E-state index in [2.05, 4.69) is 47.1 Å². The Hall–Kier alpha value is -3.59. The summed E-state index contributed by atoms with van der Waals surface area (Å²) in [6, 6.07) is 25.9. The van der Waals surface area contributed by atoms with Crippen molar-refractivity contribution in [2.75, 3.05) is 4.90 Å². The van der Waals surface area contributed by atoms with Crippen LogP contribution in [-0.4, -0.2) is 10.5 Å². The van der Waals surface area contributed by atoms with Gasteiger partial charge in [0.15, 0.2) is 0 Å². The van der Waals surface area contributed by atoms with Crippen LogP contribution in [0.4, 0.5) is 5.69 Å². The van der Waals surface area contributed by atoms with Crippen LogP contribution in [0.1, 0.15) is 27.7 Å². The first-order valence-corrected chi connectivity index (χ1v) is 9.44. The van der Waals surface area contributed by atoms with Crippen LogP contribution in [0.3, 0.4) is 0 Å². The second-order valence-corrected chi connectivity index (χ2v) is 7.11. The van der Waals surface area contributed by atoms with Crippen molar-refractivity contribution in [3.8, 4) is 0 Å². The Morgan fingerprint density at radius 3 is 2.43 bits per heavy atom. The highest BCUT2D eigenvalue weighted by Gasteiger charge is 2.31. The van der Waals surface area contributed by atoms with Crippen LogP contribution >= 0.6 is 0 Å². The van der Waals surface area contributed by atoms with Crippen LogP contribution in [0.2, 0.25) is 0 Å². The molecule has 0 saturated carbocycles. The highest BCUT2D eigenvalue weighted by molar-refractivity contribution is 6.11. The number of nitrogens with zero attached hydrogens (tertiary/aromatic N) is 2. The monoisotopic (exact) mass is 364 g/mol. The topological polar surface area (TPSA) is 25.2 Å². The number of fused-ring (bicyclic) bond motifs is 3. The summed E-state index contributed by atoms with van der Waals surface area (Å²) in [5.74, 6) is 0.00711. The number of rotatable bonds is 2. The van der Waals surface area contributed by atoms with Gasteiger partial charge in [-0.05, 0) is 41.1 Å². The van der Waals surface area contributed by atoms with E-state index in [0.717, 1.165) is 22.3 Å². The summed E-state index contributed by atoms with van der Waals surface area (Å²) in [5, 5.41) is 2.34. The molecule has 0 spiro atoms. The number of carbonyl (C=O) groups is 1. The normalized spacial score (nSPS) is 15.6. The SMILES string of the molecule is Cn1cccc1C1C=Cc2c(ccc3ccccc23)N1C(=O)c1ccccc1. The molecule has 2 heterocycles. The third-order valence-electron chi connectivity index (χ3n) is 5.46. The first-order valence-electron chi connectivity index (χ1n) is 9.44. The minimum absolute atomic E-state index is 0.00711. The Labute approximate surface area is 164 Å². The smallest absolute Gasteiger partial charge is 0.259 e. The summed E-state index contributed by atoms with van der Waals surface area (Å²) in [6.45, 7) is 0. The van der Waals surface area contributed by atoms with E-state index in [9.17, 15) is 4.79 Å². The van der Waals surface area contributed by atoms with Crippen molar-refractivity contribution in [2.45, 2.75) is 6.04 Å². The van der Waals surface area contributed by atoms with Crippen molar-refractivity contribution in [1.29, 1.82) is 0 Å². The highest BCUT2D eigenvalue weighted by Crippen LogP contribution is 2.40. The lowest BCUT2D eigenvalue weighted by Gasteiger charge is -2.35. The highest BCUT2D eigenvalue weighted by atomic mass is 16.2. The van der Waals surface area contributed by atoms with Gasteiger partial charge in [-0.3, -0.25) is 9.69 Å². The van der Waals surface area contributed by atoms with E-state index in [1.165, 1.54) is 5.39 Å². The molecule has 1 aliphatic heterocycles. The molecular formula is C25H20N2O.